The summed E-state index contributed by atoms with van der Waals surface area (Å²) in [5, 5.41) is 0. The molecule has 124 valence electrons. The van der Waals surface area contributed by atoms with Crippen molar-refractivity contribution in [3.8, 4) is 11.3 Å². The number of hydrogen-bond donors (Lipinski definition) is 0. The zero-order chi connectivity index (χ0) is 17.2. The number of benzene rings is 2. The lowest BCUT2D eigenvalue weighted by molar-refractivity contribution is 0.0601. The van der Waals surface area contributed by atoms with Crippen LogP contribution in [0.15, 0.2) is 69.7 Å². The summed E-state index contributed by atoms with van der Waals surface area (Å²) in [6, 6.07) is 16.9. The highest BCUT2D eigenvalue weighted by molar-refractivity contribution is 5.98. The van der Waals surface area contributed by atoms with Gasteiger partial charge in [0.05, 0.1) is 24.5 Å². The van der Waals surface area contributed by atoms with Gasteiger partial charge in [-0.1, -0.05) is 30.3 Å². The van der Waals surface area contributed by atoms with Gasteiger partial charge in [-0.15, -0.1) is 0 Å². The first-order valence-corrected chi connectivity index (χ1v) is 7.84. The highest BCUT2D eigenvalue weighted by atomic mass is 16.5. The lowest BCUT2D eigenvalue weighted by atomic mass is 10.1. The number of ether oxygens (including phenoxy) is 1. The number of fused-ring (bicyclic) bond motifs is 1. The zero-order valence-corrected chi connectivity index (χ0v) is 13.6. The Labute approximate surface area is 143 Å². The van der Waals surface area contributed by atoms with Crippen molar-refractivity contribution < 1.29 is 18.4 Å². The number of furan rings is 1. The molecular formula is C20H15NO4. The molecule has 0 N–H and O–H groups in total. The van der Waals surface area contributed by atoms with E-state index < -0.39 is 5.97 Å². The number of nitrogens with zero attached hydrogens (tertiary/aromatic N) is 1. The lowest BCUT2D eigenvalue weighted by Crippen LogP contribution is -2.01. The molecule has 0 aliphatic rings. The van der Waals surface area contributed by atoms with Crippen LogP contribution in [-0.2, 0) is 11.2 Å². The maximum atomic E-state index is 12.0. The summed E-state index contributed by atoms with van der Waals surface area (Å²) < 4.78 is 16.3. The van der Waals surface area contributed by atoms with Crippen LogP contribution in [0.3, 0.4) is 0 Å². The molecule has 2 aromatic heterocycles. The van der Waals surface area contributed by atoms with Crippen LogP contribution in [0.2, 0.25) is 0 Å². The number of hydrogen-bond acceptors (Lipinski definition) is 5. The highest BCUT2D eigenvalue weighted by Gasteiger charge is 2.18. The molecule has 4 aromatic rings. The van der Waals surface area contributed by atoms with Crippen LogP contribution >= 0.6 is 0 Å². The van der Waals surface area contributed by atoms with E-state index in [1.54, 1.807) is 24.5 Å². The summed E-state index contributed by atoms with van der Waals surface area (Å²) in [7, 11) is 1.35. The van der Waals surface area contributed by atoms with E-state index >= 15 is 0 Å². The molecule has 4 rings (SSSR count). The third-order valence-corrected chi connectivity index (χ3v) is 3.94. The smallest absolute Gasteiger partial charge is 0.337 e. The molecular weight excluding hydrogens is 318 g/mol. The summed E-state index contributed by atoms with van der Waals surface area (Å²) in [5.41, 5.74) is 3.37. The monoisotopic (exact) mass is 333 g/mol. The predicted octanol–water partition coefficient (Wildman–Crippen LogP) is 4.47. The van der Waals surface area contributed by atoms with Gasteiger partial charge in [0.25, 0.3) is 0 Å². The molecule has 0 radical (unpaired) electrons. The first kappa shape index (κ1) is 15.2. The highest BCUT2D eigenvalue weighted by Crippen LogP contribution is 2.32. The van der Waals surface area contributed by atoms with E-state index in [2.05, 4.69) is 4.98 Å². The molecule has 2 heterocycles. The maximum absolute atomic E-state index is 12.0. The normalized spacial score (nSPS) is 10.9. The Morgan fingerprint density at radius 2 is 1.96 bits per heavy atom. The minimum Gasteiger partial charge on any atom is -0.465 e. The van der Waals surface area contributed by atoms with Gasteiger partial charge in [0.15, 0.2) is 11.5 Å². The number of carbonyl (C=O) groups is 1. The van der Waals surface area contributed by atoms with Gasteiger partial charge in [-0.05, 0) is 29.8 Å². The average Bonchev–Trinajstić information content (AvgIpc) is 3.30. The standard InChI is InChI=1S/C20H15NO4/c1-23-20(22)14-11-15(17-8-5-9-24-17)19-16(12-14)21-18(25-19)10-13-6-3-2-4-7-13/h2-9,11-12H,10H2,1H3. The molecule has 0 atom stereocenters. The topological polar surface area (TPSA) is 65.5 Å². The fraction of sp³-hybridized carbons (Fsp3) is 0.100. The van der Waals surface area contributed by atoms with Crippen LogP contribution in [0.4, 0.5) is 0 Å². The van der Waals surface area contributed by atoms with E-state index in [1.807, 2.05) is 36.4 Å². The Morgan fingerprint density at radius 1 is 1.12 bits per heavy atom. The molecule has 0 bridgehead atoms. The largest absolute Gasteiger partial charge is 0.465 e. The van der Waals surface area contributed by atoms with Crippen molar-refractivity contribution in [3.05, 3.63) is 77.9 Å². The number of carbonyl (C=O) groups excluding carboxylic acids is 1. The van der Waals surface area contributed by atoms with E-state index in [0.717, 1.165) is 5.56 Å². The van der Waals surface area contributed by atoms with Crippen molar-refractivity contribution in [2.24, 2.45) is 0 Å². The van der Waals surface area contributed by atoms with E-state index in [-0.39, 0.29) is 0 Å². The molecule has 5 heteroatoms. The quantitative estimate of drug-likeness (QED) is 0.516. The van der Waals surface area contributed by atoms with Crippen molar-refractivity contribution >= 4 is 17.1 Å². The number of aromatic nitrogens is 1. The maximum Gasteiger partial charge on any atom is 0.337 e. The average molecular weight is 333 g/mol. The summed E-state index contributed by atoms with van der Waals surface area (Å²) in [6.45, 7) is 0. The fourth-order valence-electron chi connectivity index (χ4n) is 2.78. The number of oxazole rings is 1. The zero-order valence-electron chi connectivity index (χ0n) is 13.6. The summed E-state index contributed by atoms with van der Waals surface area (Å²) in [5.74, 6) is 0.761. The van der Waals surface area contributed by atoms with Gasteiger partial charge >= 0.3 is 5.97 Å². The molecule has 0 spiro atoms. The summed E-state index contributed by atoms with van der Waals surface area (Å²) >= 11 is 0. The second kappa shape index (κ2) is 6.28. The second-order valence-corrected chi connectivity index (χ2v) is 5.61. The van der Waals surface area contributed by atoms with Crippen molar-refractivity contribution in [1.82, 2.24) is 4.98 Å². The van der Waals surface area contributed by atoms with E-state index in [1.165, 1.54) is 7.11 Å². The molecule has 0 amide bonds. The minimum atomic E-state index is -0.428. The third-order valence-electron chi connectivity index (χ3n) is 3.94. The van der Waals surface area contributed by atoms with Crippen LogP contribution in [0.1, 0.15) is 21.8 Å². The SMILES string of the molecule is COC(=O)c1cc(-c2ccco2)c2oc(Cc3ccccc3)nc2c1. The molecule has 5 nitrogen and oxygen atoms in total. The second-order valence-electron chi connectivity index (χ2n) is 5.61. The first-order valence-electron chi connectivity index (χ1n) is 7.84. The Bertz CT molecular complexity index is 1020. The number of rotatable bonds is 4. The Morgan fingerprint density at radius 3 is 2.68 bits per heavy atom. The number of esters is 1. The fourth-order valence-corrected chi connectivity index (χ4v) is 2.78. The molecule has 0 aliphatic carbocycles. The summed E-state index contributed by atoms with van der Waals surface area (Å²) in [6.07, 6.45) is 2.15. The van der Waals surface area contributed by atoms with Gasteiger partial charge in [-0.3, -0.25) is 0 Å². The van der Waals surface area contributed by atoms with Gasteiger partial charge in [0.2, 0.25) is 0 Å². The van der Waals surface area contributed by atoms with Crippen LogP contribution in [0.5, 0.6) is 0 Å². The first-order chi connectivity index (χ1) is 12.2. The van der Waals surface area contributed by atoms with Gasteiger partial charge in [-0.2, -0.15) is 0 Å². The van der Waals surface area contributed by atoms with Crippen molar-refractivity contribution in [1.29, 1.82) is 0 Å². The molecule has 25 heavy (non-hydrogen) atoms. The molecule has 0 fully saturated rings. The predicted molar refractivity (Wildman–Crippen MR) is 92.3 cm³/mol. The van der Waals surface area contributed by atoms with E-state index in [0.29, 0.717) is 40.3 Å². The lowest BCUT2D eigenvalue weighted by Gasteiger charge is -2.02. The third kappa shape index (κ3) is 2.92. The molecule has 0 saturated heterocycles. The Kier molecular flexibility index (Phi) is 3.82. The van der Waals surface area contributed by atoms with Gasteiger partial charge in [0.1, 0.15) is 11.3 Å². The van der Waals surface area contributed by atoms with Crippen molar-refractivity contribution in [2.75, 3.05) is 7.11 Å². The van der Waals surface area contributed by atoms with Crippen LogP contribution < -0.4 is 0 Å². The van der Waals surface area contributed by atoms with Crippen molar-refractivity contribution in [2.45, 2.75) is 6.42 Å². The molecule has 2 aromatic carbocycles. The molecule has 0 aliphatic heterocycles. The van der Waals surface area contributed by atoms with Gasteiger partial charge in [-0.25, -0.2) is 9.78 Å². The minimum absolute atomic E-state index is 0.404. The van der Waals surface area contributed by atoms with Crippen LogP contribution in [0.25, 0.3) is 22.4 Å². The van der Waals surface area contributed by atoms with Crippen LogP contribution in [-0.4, -0.2) is 18.1 Å². The van der Waals surface area contributed by atoms with E-state index in [4.69, 9.17) is 13.6 Å². The van der Waals surface area contributed by atoms with Crippen LogP contribution in [0, 0.1) is 0 Å². The Balaban J connectivity index is 1.84. The van der Waals surface area contributed by atoms with E-state index in [9.17, 15) is 4.79 Å². The van der Waals surface area contributed by atoms with Crippen molar-refractivity contribution in [3.63, 3.8) is 0 Å². The summed E-state index contributed by atoms with van der Waals surface area (Å²) in [4.78, 5) is 16.5. The Hall–Kier alpha value is -3.34. The number of methoxy groups -OCH3 is 1. The molecule has 0 saturated carbocycles. The molecule has 0 unspecified atom stereocenters. The van der Waals surface area contributed by atoms with Gasteiger partial charge in [0, 0.05) is 6.42 Å². The van der Waals surface area contributed by atoms with Gasteiger partial charge < -0.3 is 13.6 Å².